The lowest BCUT2D eigenvalue weighted by molar-refractivity contribution is -0.384. The van der Waals surface area contributed by atoms with Crippen molar-refractivity contribution in [3.05, 3.63) is 96.8 Å². The van der Waals surface area contributed by atoms with Crippen LogP contribution < -0.4 is 10.2 Å². The molecule has 3 aromatic rings. The number of rotatable bonds is 7. The Bertz CT molecular complexity index is 1870. The highest BCUT2D eigenvalue weighted by molar-refractivity contribution is 6.31. The van der Waals surface area contributed by atoms with Crippen LogP contribution in [0.4, 0.5) is 21.5 Å². The largest absolute Gasteiger partial charge is 0.462 e. The minimum absolute atomic E-state index is 0.0242. The average Bonchev–Trinajstić information content (AvgIpc) is 3.74. The fourth-order valence-corrected chi connectivity index (χ4v) is 8.20. The van der Waals surface area contributed by atoms with Crippen molar-refractivity contribution in [3.63, 3.8) is 0 Å². The second-order valence-electron chi connectivity index (χ2n) is 12.7. The van der Waals surface area contributed by atoms with Gasteiger partial charge in [-0.05, 0) is 73.6 Å². The molecule has 3 heterocycles. The predicted octanol–water partition coefficient (Wildman–Crippen LogP) is 6.30. The van der Waals surface area contributed by atoms with Crippen LogP contribution in [0.5, 0.6) is 0 Å². The molecule has 0 radical (unpaired) electrons. The number of likely N-dealkylation sites (tertiary alicyclic amines) is 1. The van der Waals surface area contributed by atoms with E-state index in [1.54, 1.807) is 38.1 Å². The van der Waals surface area contributed by atoms with Crippen LogP contribution >= 0.6 is 23.2 Å². The van der Waals surface area contributed by atoms with Crippen LogP contribution in [0.1, 0.15) is 52.7 Å². The predicted molar refractivity (Wildman–Crippen MR) is 174 cm³/mol. The standard InChI is InChI=1S/C34H31Cl2FN4O6/c1-3-47-32(43)22-13-26(41(45)46)25(11-17(22)2)39-16-27-28(31(39)42)29(21-5-4-6-23(36)30(21)37)34(40(27)15-18-7-8-18)14-19-9-10-20(35)12-24(19)38-33(34)44/h4-6,9-13,18,27-29H,3,7-8,14-16H2,1-2H3,(H,38,44)/t27-,28+,29-,34+/m0/s1. The Hall–Kier alpha value is -4.06. The first-order chi connectivity index (χ1) is 22.5. The van der Waals surface area contributed by atoms with E-state index in [2.05, 4.69) is 10.2 Å². The first-order valence-electron chi connectivity index (χ1n) is 15.5. The van der Waals surface area contributed by atoms with Gasteiger partial charge in [0.05, 0.1) is 28.0 Å². The second-order valence-corrected chi connectivity index (χ2v) is 13.6. The fraction of sp³-hybridized carbons (Fsp3) is 0.382. The molecular weight excluding hydrogens is 650 g/mol. The van der Waals surface area contributed by atoms with Gasteiger partial charge in [0.15, 0.2) is 0 Å². The highest BCUT2D eigenvalue weighted by Crippen LogP contribution is 2.58. The van der Waals surface area contributed by atoms with Crippen LogP contribution in [-0.4, -0.2) is 58.9 Å². The number of benzene rings is 3. The van der Waals surface area contributed by atoms with Gasteiger partial charge >= 0.3 is 5.97 Å². The van der Waals surface area contributed by atoms with Crippen molar-refractivity contribution in [2.45, 2.75) is 50.6 Å². The molecule has 1 saturated carbocycles. The molecule has 7 rings (SSSR count). The Balaban J connectivity index is 1.40. The van der Waals surface area contributed by atoms with E-state index in [4.69, 9.17) is 27.9 Å². The van der Waals surface area contributed by atoms with Gasteiger partial charge in [0.1, 0.15) is 17.0 Å². The first-order valence-corrected chi connectivity index (χ1v) is 16.3. The number of carbonyl (C=O) groups is 3. The number of hydrogen-bond donors (Lipinski definition) is 1. The SMILES string of the molecule is CCOC(=O)c1cc([N+](=O)[O-])c(N2C[C@H]3[C@@H](C2=O)[C@H](c2cccc(Cl)c2F)[C@@]2(Cc4ccc(Cl)cc4NC2=O)N3CC2CC2)cc1C. The Labute approximate surface area is 279 Å². The van der Waals surface area contributed by atoms with Crippen LogP contribution in [-0.2, 0) is 20.7 Å². The highest BCUT2D eigenvalue weighted by Gasteiger charge is 2.69. The first kappa shape index (κ1) is 31.5. The van der Waals surface area contributed by atoms with E-state index in [1.165, 1.54) is 17.0 Å². The number of carbonyl (C=O) groups excluding carboxylic acids is 3. The van der Waals surface area contributed by atoms with E-state index in [1.807, 2.05) is 6.07 Å². The number of nitro benzene ring substituents is 1. The maximum atomic E-state index is 16.1. The van der Waals surface area contributed by atoms with Gasteiger partial charge in [-0.2, -0.15) is 0 Å². The van der Waals surface area contributed by atoms with E-state index in [-0.39, 0.29) is 53.2 Å². The molecular formula is C34H31Cl2FN4O6. The van der Waals surface area contributed by atoms with Crippen molar-refractivity contribution >= 4 is 58.0 Å². The summed E-state index contributed by atoms with van der Waals surface area (Å²) in [4.78, 5) is 57.0. The number of anilines is 2. The summed E-state index contributed by atoms with van der Waals surface area (Å²) in [5.41, 5.74) is 0.161. The molecule has 1 spiro atoms. The molecule has 2 saturated heterocycles. The van der Waals surface area contributed by atoms with Crippen molar-refractivity contribution in [3.8, 4) is 0 Å². The zero-order valence-corrected chi connectivity index (χ0v) is 27.1. The number of halogens is 3. The fourth-order valence-electron chi connectivity index (χ4n) is 7.85. The maximum absolute atomic E-state index is 16.1. The summed E-state index contributed by atoms with van der Waals surface area (Å²) >= 11 is 12.6. The summed E-state index contributed by atoms with van der Waals surface area (Å²) in [6.07, 6.45) is 2.10. The third-order valence-electron chi connectivity index (χ3n) is 10.1. The third kappa shape index (κ3) is 4.98. The Morgan fingerprint density at radius 2 is 1.94 bits per heavy atom. The average molecular weight is 682 g/mol. The molecule has 1 N–H and O–H groups in total. The molecule has 244 valence electrons. The minimum atomic E-state index is -1.36. The lowest BCUT2D eigenvalue weighted by atomic mass is 9.69. The number of esters is 1. The lowest BCUT2D eigenvalue weighted by Gasteiger charge is -2.46. The third-order valence-corrected chi connectivity index (χ3v) is 10.6. The van der Waals surface area contributed by atoms with Gasteiger partial charge in [0, 0.05) is 48.2 Å². The second kappa shape index (κ2) is 11.6. The number of ether oxygens (including phenoxy) is 1. The van der Waals surface area contributed by atoms with Crippen LogP contribution in [0.3, 0.4) is 0 Å². The molecule has 0 bridgehead atoms. The smallest absolute Gasteiger partial charge is 0.338 e. The number of nitrogens with one attached hydrogen (secondary N) is 1. The summed E-state index contributed by atoms with van der Waals surface area (Å²) < 4.78 is 21.2. The van der Waals surface area contributed by atoms with Crippen molar-refractivity contribution in [1.82, 2.24) is 4.90 Å². The van der Waals surface area contributed by atoms with Crippen molar-refractivity contribution in [2.75, 3.05) is 29.9 Å². The van der Waals surface area contributed by atoms with Crippen LogP contribution in [0, 0.1) is 34.7 Å². The zero-order valence-electron chi connectivity index (χ0n) is 25.6. The van der Waals surface area contributed by atoms with E-state index in [0.717, 1.165) is 24.5 Å². The molecule has 1 aliphatic carbocycles. The van der Waals surface area contributed by atoms with Crippen LogP contribution in [0.2, 0.25) is 10.0 Å². The monoisotopic (exact) mass is 680 g/mol. The van der Waals surface area contributed by atoms with E-state index < -0.39 is 51.7 Å². The molecule has 3 fully saturated rings. The van der Waals surface area contributed by atoms with Gasteiger partial charge in [0.25, 0.3) is 5.69 Å². The number of aryl methyl sites for hydroxylation is 1. The van der Waals surface area contributed by atoms with Crippen LogP contribution in [0.25, 0.3) is 0 Å². The molecule has 3 aliphatic heterocycles. The van der Waals surface area contributed by atoms with Crippen molar-refractivity contribution in [2.24, 2.45) is 11.8 Å². The quantitative estimate of drug-likeness (QED) is 0.177. The summed E-state index contributed by atoms with van der Waals surface area (Å²) in [5.74, 6) is -3.91. The van der Waals surface area contributed by atoms with Gasteiger partial charge in [-0.3, -0.25) is 24.6 Å². The Morgan fingerprint density at radius 1 is 1.17 bits per heavy atom. The highest BCUT2D eigenvalue weighted by atomic mass is 35.5. The Kier molecular flexibility index (Phi) is 7.76. The lowest BCUT2D eigenvalue weighted by Crippen LogP contribution is -2.62. The molecule has 2 amide bonds. The number of hydrogen-bond acceptors (Lipinski definition) is 7. The maximum Gasteiger partial charge on any atom is 0.338 e. The number of nitro groups is 1. The van der Waals surface area contributed by atoms with E-state index in [0.29, 0.717) is 22.8 Å². The van der Waals surface area contributed by atoms with Gasteiger partial charge < -0.3 is 15.0 Å². The zero-order chi connectivity index (χ0) is 33.4. The number of fused-ring (bicyclic) bond motifs is 2. The molecule has 13 heteroatoms. The summed E-state index contributed by atoms with van der Waals surface area (Å²) in [6, 6.07) is 11.8. The minimum Gasteiger partial charge on any atom is -0.462 e. The molecule has 4 atom stereocenters. The van der Waals surface area contributed by atoms with Crippen molar-refractivity contribution in [1.29, 1.82) is 0 Å². The summed E-state index contributed by atoms with van der Waals surface area (Å²) in [7, 11) is 0. The van der Waals surface area contributed by atoms with Crippen LogP contribution in [0.15, 0.2) is 48.5 Å². The summed E-state index contributed by atoms with van der Waals surface area (Å²) in [6.45, 7) is 3.86. The Morgan fingerprint density at radius 3 is 2.64 bits per heavy atom. The van der Waals surface area contributed by atoms with Gasteiger partial charge in [-0.25, -0.2) is 9.18 Å². The molecule has 0 aromatic heterocycles. The van der Waals surface area contributed by atoms with E-state index in [9.17, 15) is 24.5 Å². The van der Waals surface area contributed by atoms with Crippen molar-refractivity contribution < 1.29 is 28.4 Å². The molecule has 0 unspecified atom stereocenters. The summed E-state index contributed by atoms with van der Waals surface area (Å²) in [5, 5.41) is 15.7. The number of amides is 2. The van der Waals surface area contributed by atoms with Gasteiger partial charge in [-0.1, -0.05) is 41.4 Å². The van der Waals surface area contributed by atoms with Gasteiger partial charge in [0.2, 0.25) is 11.8 Å². The van der Waals surface area contributed by atoms with E-state index >= 15 is 4.39 Å². The molecule has 3 aromatic carbocycles. The normalized spacial score (nSPS) is 25.1. The number of nitrogens with zero attached hydrogens (tertiary/aromatic N) is 3. The molecule has 4 aliphatic rings. The topological polar surface area (TPSA) is 122 Å². The van der Waals surface area contributed by atoms with Gasteiger partial charge in [-0.15, -0.1) is 0 Å². The molecule has 47 heavy (non-hydrogen) atoms. The molecule has 10 nitrogen and oxygen atoms in total.